The van der Waals surface area contributed by atoms with Crippen LogP contribution in [0.4, 0.5) is 0 Å². The maximum absolute atomic E-state index is 11.9. The number of ether oxygens (including phenoxy) is 1. The number of nitrogens with one attached hydrogen (secondary N) is 2. The second-order valence-corrected chi connectivity index (χ2v) is 4.88. The van der Waals surface area contributed by atoms with Crippen molar-refractivity contribution in [1.82, 2.24) is 20.5 Å². The highest BCUT2D eigenvalue weighted by Crippen LogP contribution is 2.37. The Morgan fingerprint density at radius 1 is 1.37 bits per heavy atom. The van der Waals surface area contributed by atoms with E-state index in [0.29, 0.717) is 5.92 Å². The SMILES string of the molecule is O=C(NC1COCC1C(=O)O)c1n[nH]c(C2CC2)n1. The number of carbonyl (C=O) groups is 2. The van der Waals surface area contributed by atoms with E-state index in [9.17, 15) is 9.59 Å². The van der Waals surface area contributed by atoms with Crippen molar-refractivity contribution >= 4 is 11.9 Å². The van der Waals surface area contributed by atoms with Gasteiger partial charge in [-0.15, -0.1) is 5.10 Å². The number of hydrogen-bond donors (Lipinski definition) is 3. The summed E-state index contributed by atoms with van der Waals surface area (Å²) in [4.78, 5) is 27.0. The van der Waals surface area contributed by atoms with Crippen molar-refractivity contribution in [3.05, 3.63) is 11.6 Å². The minimum Gasteiger partial charge on any atom is -0.481 e. The van der Waals surface area contributed by atoms with E-state index in [-0.39, 0.29) is 19.0 Å². The van der Waals surface area contributed by atoms with Gasteiger partial charge in [0.05, 0.1) is 19.3 Å². The van der Waals surface area contributed by atoms with Crippen LogP contribution in [0.15, 0.2) is 0 Å². The molecule has 2 aliphatic rings. The molecule has 1 aromatic heterocycles. The summed E-state index contributed by atoms with van der Waals surface area (Å²) in [5.74, 6) is -0.997. The van der Waals surface area contributed by atoms with Gasteiger partial charge in [0.25, 0.3) is 5.91 Å². The first-order valence-electron chi connectivity index (χ1n) is 6.19. The average Bonchev–Trinajstić information content (AvgIpc) is 2.92. The Kier molecular flexibility index (Phi) is 2.94. The molecule has 3 N–H and O–H groups in total. The predicted molar refractivity (Wildman–Crippen MR) is 61.6 cm³/mol. The summed E-state index contributed by atoms with van der Waals surface area (Å²) >= 11 is 0. The van der Waals surface area contributed by atoms with Gasteiger partial charge in [-0.2, -0.15) is 0 Å². The minimum atomic E-state index is -0.976. The summed E-state index contributed by atoms with van der Waals surface area (Å²) < 4.78 is 5.08. The van der Waals surface area contributed by atoms with E-state index in [2.05, 4.69) is 20.5 Å². The lowest BCUT2D eigenvalue weighted by atomic mass is 10.0. The highest BCUT2D eigenvalue weighted by Gasteiger charge is 2.36. The summed E-state index contributed by atoms with van der Waals surface area (Å²) in [5.41, 5.74) is 0. The van der Waals surface area contributed by atoms with Crippen LogP contribution in [-0.4, -0.2) is 51.4 Å². The molecule has 2 heterocycles. The number of hydrogen-bond acceptors (Lipinski definition) is 5. The fourth-order valence-electron chi connectivity index (χ4n) is 2.09. The van der Waals surface area contributed by atoms with E-state index < -0.39 is 23.8 Å². The van der Waals surface area contributed by atoms with Crippen molar-refractivity contribution in [2.75, 3.05) is 13.2 Å². The van der Waals surface area contributed by atoms with Crippen molar-refractivity contribution in [3.63, 3.8) is 0 Å². The molecule has 102 valence electrons. The van der Waals surface area contributed by atoms with Gasteiger partial charge in [-0.05, 0) is 12.8 Å². The molecule has 2 fully saturated rings. The summed E-state index contributed by atoms with van der Waals surface area (Å²) in [6.07, 6.45) is 2.13. The Bertz CT molecular complexity index is 511. The Morgan fingerprint density at radius 2 is 2.16 bits per heavy atom. The molecule has 0 radical (unpaired) electrons. The smallest absolute Gasteiger partial charge is 0.311 e. The first-order valence-corrected chi connectivity index (χ1v) is 6.19. The Hall–Kier alpha value is -1.96. The number of amides is 1. The third-order valence-corrected chi connectivity index (χ3v) is 3.38. The third kappa shape index (κ3) is 2.43. The van der Waals surface area contributed by atoms with Crippen LogP contribution < -0.4 is 5.32 Å². The first-order chi connectivity index (χ1) is 9.15. The van der Waals surface area contributed by atoms with Gasteiger partial charge in [0.1, 0.15) is 11.7 Å². The number of H-pyrrole nitrogens is 1. The number of carboxylic acids is 1. The van der Waals surface area contributed by atoms with E-state index in [1.54, 1.807) is 0 Å². The number of nitrogens with zero attached hydrogens (tertiary/aromatic N) is 2. The van der Waals surface area contributed by atoms with Crippen LogP contribution in [0.25, 0.3) is 0 Å². The van der Waals surface area contributed by atoms with E-state index in [1.807, 2.05) is 0 Å². The lowest BCUT2D eigenvalue weighted by Gasteiger charge is -2.14. The number of carboxylic acid groups (broad SMARTS) is 1. The molecule has 1 saturated carbocycles. The number of carbonyl (C=O) groups excluding carboxylic acids is 1. The molecule has 8 heteroatoms. The average molecular weight is 266 g/mol. The number of aromatic nitrogens is 3. The zero-order valence-electron chi connectivity index (χ0n) is 10.1. The van der Waals surface area contributed by atoms with Gasteiger partial charge in [0, 0.05) is 5.92 Å². The quantitative estimate of drug-likeness (QED) is 0.677. The lowest BCUT2D eigenvalue weighted by molar-refractivity contribution is -0.142. The van der Waals surface area contributed by atoms with Gasteiger partial charge in [-0.1, -0.05) is 0 Å². The molecule has 3 rings (SSSR count). The minimum absolute atomic E-state index is 0.0536. The van der Waals surface area contributed by atoms with Crippen LogP contribution in [0.5, 0.6) is 0 Å². The molecule has 0 aromatic carbocycles. The molecule has 1 aliphatic heterocycles. The zero-order valence-corrected chi connectivity index (χ0v) is 10.1. The summed E-state index contributed by atoms with van der Waals surface area (Å²) in [6.45, 7) is 0.310. The van der Waals surface area contributed by atoms with Crippen LogP contribution in [0, 0.1) is 5.92 Å². The second kappa shape index (κ2) is 4.61. The number of rotatable bonds is 4. The third-order valence-electron chi connectivity index (χ3n) is 3.38. The molecule has 1 amide bonds. The highest BCUT2D eigenvalue weighted by atomic mass is 16.5. The van der Waals surface area contributed by atoms with Gasteiger partial charge < -0.3 is 15.2 Å². The summed E-state index contributed by atoms with van der Waals surface area (Å²) in [5, 5.41) is 18.2. The molecule has 0 bridgehead atoms. The fourth-order valence-corrected chi connectivity index (χ4v) is 2.09. The second-order valence-electron chi connectivity index (χ2n) is 4.88. The summed E-state index contributed by atoms with van der Waals surface area (Å²) in [7, 11) is 0. The monoisotopic (exact) mass is 266 g/mol. The molecule has 8 nitrogen and oxygen atoms in total. The Morgan fingerprint density at radius 3 is 2.84 bits per heavy atom. The predicted octanol–water partition coefficient (Wildman–Crippen LogP) is -0.489. The van der Waals surface area contributed by atoms with E-state index in [0.717, 1.165) is 18.7 Å². The first kappa shape index (κ1) is 12.1. The highest BCUT2D eigenvalue weighted by molar-refractivity contribution is 5.91. The van der Waals surface area contributed by atoms with Crippen LogP contribution in [-0.2, 0) is 9.53 Å². The maximum atomic E-state index is 11.9. The molecule has 1 aromatic rings. The van der Waals surface area contributed by atoms with Crippen LogP contribution in [0.1, 0.15) is 35.2 Å². The fraction of sp³-hybridized carbons (Fsp3) is 0.636. The number of aliphatic carboxylic acids is 1. The molecular formula is C11H14N4O4. The lowest BCUT2D eigenvalue weighted by Crippen LogP contribution is -2.43. The van der Waals surface area contributed by atoms with Crippen LogP contribution in [0.3, 0.4) is 0 Å². The van der Waals surface area contributed by atoms with Gasteiger partial charge in [-0.25, -0.2) is 4.98 Å². The number of aromatic amines is 1. The van der Waals surface area contributed by atoms with E-state index >= 15 is 0 Å². The van der Waals surface area contributed by atoms with Gasteiger partial charge in [0.15, 0.2) is 0 Å². The van der Waals surface area contributed by atoms with Crippen molar-refractivity contribution in [3.8, 4) is 0 Å². The van der Waals surface area contributed by atoms with Crippen molar-refractivity contribution in [2.24, 2.45) is 5.92 Å². The van der Waals surface area contributed by atoms with Crippen molar-refractivity contribution in [1.29, 1.82) is 0 Å². The molecule has 2 atom stereocenters. The van der Waals surface area contributed by atoms with Crippen LogP contribution in [0.2, 0.25) is 0 Å². The van der Waals surface area contributed by atoms with Crippen molar-refractivity contribution in [2.45, 2.75) is 24.8 Å². The molecule has 2 unspecified atom stereocenters. The Balaban J connectivity index is 1.64. The van der Waals surface area contributed by atoms with E-state index in [4.69, 9.17) is 9.84 Å². The molecule has 0 spiro atoms. The topological polar surface area (TPSA) is 117 Å². The molecule has 1 saturated heterocycles. The zero-order chi connectivity index (χ0) is 13.4. The van der Waals surface area contributed by atoms with Crippen molar-refractivity contribution < 1.29 is 19.4 Å². The standard InChI is InChI=1S/C11H14N4O4/c16-10(9-13-8(14-15-9)5-1-2-5)12-7-4-19-3-6(7)11(17)18/h5-7H,1-4H2,(H,12,16)(H,17,18)(H,13,14,15). The maximum Gasteiger partial charge on any atom is 0.311 e. The molecular weight excluding hydrogens is 252 g/mol. The van der Waals surface area contributed by atoms with Gasteiger partial charge in [-0.3, -0.25) is 14.7 Å². The molecule has 19 heavy (non-hydrogen) atoms. The summed E-state index contributed by atoms with van der Waals surface area (Å²) in [6, 6.07) is -0.534. The van der Waals surface area contributed by atoms with Gasteiger partial charge >= 0.3 is 5.97 Å². The molecule has 1 aliphatic carbocycles. The Labute approximate surface area is 108 Å². The largest absolute Gasteiger partial charge is 0.481 e. The van der Waals surface area contributed by atoms with Gasteiger partial charge in [0.2, 0.25) is 5.82 Å². The normalized spacial score (nSPS) is 26.3. The van der Waals surface area contributed by atoms with Crippen LogP contribution >= 0.6 is 0 Å². The van der Waals surface area contributed by atoms with E-state index in [1.165, 1.54) is 0 Å².